The lowest BCUT2D eigenvalue weighted by molar-refractivity contribution is -0.147. The number of nitrogens with zero attached hydrogens (tertiary/aromatic N) is 2. The van der Waals surface area contributed by atoms with Crippen LogP contribution in [-0.2, 0) is 33.9 Å². The van der Waals surface area contributed by atoms with Crippen LogP contribution in [0.3, 0.4) is 0 Å². The van der Waals surface area contributed by atoms with Gasteiger partial charge in [-0.05, 0) is 11.6 Å². The van der Waals surface area contributed by atoms with Crippen LogP contribution in [0.1, 0.15) is 15.6 Å². The van der Waals surface area contributed by atoms with Gasteiger partial charge < -0.3 is 18.9 Å². The van der Waals surface area contributed by atoms with Crippen molar-refractivity contribution < 1.29 is 23.7 Å². The van der Waals surface area contributed by atoms with Crippen LogP contribution in [0.15, 0.2) is 18.2 Å². The highest BCUT2D eigenvalue weighted by atomic mass is 32.1. The standard InChI is InChI=1S/C15H16N2O5S/c1-19-7-13-16-17-14(23-13)8-21-10-4-3-9-5-12(15(18)20-2)22-11(9)6-10/h3-4,6,12H,5,7-8H2,1-2H3. The van der Waals surface area contributed by atoms with Gasteiger partial charge in [0, 0.05) is 19.6 Å². The second-order valence-corrected chi connectivity index (χ2v) is 6.06. The topological polar surface area (TPSA) is 79.8 Å². The smallest absolute Gasteiger partial charge is 0.347 e. The van der Waals surface area contributed by atoms with E-state index >= 15 is 0 Å². The summed E-state index contributed by atoms with van der Waals surface area (Å²) in [5.74, 6) is 0.927. The minimum atomic E-state index is -0.579. The fourth-order valence-electron chi connectivity index (χ4n) is 2.23. The second kappa shape index (κ2) is 6.93. The summed E-state index contributed by atoms with van der Waals surface area (Å²) in [4.78, 5) is 11.5. The van der Waals surface area contributed by atoms with E-state index in [4.69, 9.17) is 18.9 Å². The van der Waals surface area contributed by atoms with Crippen LogP contribution >= 0.6 is 11.3 Å². The van der Waals surface area contributed by atoms with E-state index in [1.54, 1.807) is 13.2 Å². The Morgan fingerprint density at radius 2 is 2.09 bits per heavy atom. The van der Waals surface area contributed by atoms with Gasteiger partial charge in [-0.3, -0.25) is 0 Å². The first-order valence-corrected chi connectivity index (χ1v) is 7.81. The fourth-order valence-corrected chi connectivity index (χ4v) is 2.96. The number of carbonyl (C=O) groups is 1. The van der Waals surface area contributed by atoms with Crippen LogP contribution in [0.25, 0.3) is 0 Å². The zero-order chi connectivity index (χ0) is 16.2. The van der Waals surface area contributed by atoms with Gasteiger partial charge in [-0.15, -0.1) is 10.2 Å². The molecule has 1 aliphatic heterocycles. The van der Waals surface area contributed by atoms with Gasteiger partial charge in [0.25, 0.3) is 0 Å². The summed E-state index contributed by atoms with van der Waals surface area (Å²) < 4.78 is 21.0. The summed E-state index contributed by atoms with van der Waals surface area (Å²) in [6, 6.07) is 5.51. The second-order valence-electron chi connectivity index (χ2n) is 4.91. The molecule has 7 nitrogen and oxygen atoms in total. The maximum atomic E-state index is 11.5. The number of aromatic nitrogens is 2. The number of ether oxygens (including phenoxy) is 4. The summed E-state index contributed by atoms with van der Waals surface area (Å²) >= 11 is 1.44. The fraction of sp³-hybridized carbons (Fsp3) is 0.400. The molecule has 122 valence electrons. The van der Waals surface area contributed by atoms with Crippen molar-refractivity contribution in [3.8, 4) is 11.5 Å². The van der Waals surface area contributed by atoms with Crippen molar-refractivity contribution in [1.29, 1.82) is 0 Å². The third kappa shape index (κ3) is 3.59. The van der Waals surface area contributed by atoms with Crippen LogP contribution in [0.5, 0.6) is 11.5 Å². The number of hydrogen-bond donors (Lipinski definition) is 0. The van der Waals surface area contributed by atoms with E-state index in [1.165, 1.54) is 18.4 Å². The molecule has 0 saturated carbocycles. The summed E-state index contributed by atoms with van der Waals surface area (Å²) in [5, 5.41) is 9.62. The molecule has 1 unspecified atom stereocenters. The third-order valence-electron chi connectivity index (χ3n) is 3.32. The number of esters is 1. The normalized spacial score (nSPS) is 15.8. The van der Waals surface area contributed by atoms with Gasteiger partial charge in [0.1, 0.15) is 23.1 Å². The van der Waals surface area contributed by atoms with E-state index in [9.17, 15) is 4.79 Å². The molecule has 2 heterocycles. The minimum absolute atomic E-state index is 0.320. The molecule has 0 saturated heterocycles. The Bertz CT molecular complexity index is 703. The first kappa shape index (κ1) is 15.7. The monoisotopic (exact) mass is 336 g/mol. The zero-order valence-corrected chi connectivity index (χ0v) is 13.6. The summed E-state index contributed by atoms with van der Waals surface area (Å²) in [7, 11) is 2.97. The summed E-state index contributed by atoms with van der Waals surface area (Å²) in [6.07, 6.45) is -0.0657. The first-order chi connectivity index (χ1) is 11.2. The highest BCUT2D eigenvalue weighted by molar-refractivity contribution is 7.11. The summed E-state index contributed by atoms with van der Waals surface area (Å²) in [6.45, 7) is 0.764. The molecule has 1 aromatic carbocycles. The van der Waals surface area contributed by atoms with E-state index in [2.05, 4.69) is 10.2 Å². The molecule has 23 heavy (non-hydrogen) atoms. The molecule has 2 aromatic rings. The molecule has 0 spiro atoms. The van der Waals surface area contributed by atoms with Crippen molar-refractivity contribution in [3.05, 3.63) is 33.8 Å². The van der Waals surface area contributed by atoms with E-state index in [0.29, 0.717) is 31.1 Å². The van der Waals surface area contributed by atoms with Gasteiger partial charge >= 0.3 is 5.97 Å². The Morgan fingerprint density at radius 1 is 1.30 bits per heavy atom. The summed E-state index contributed by atoms with van der Waals surface area (Å²) in [5.41, 5.74) is 0.964. The third-order valence-corrected chi connectivity index (χ3v) is 4.19. The first-order valence-electron chi connectivity index (χ1n) is 7.00. The Balaban J connectivity index is 1.61. The molecular formula is C15H16N2O5S. The van der Waals surface area contributed by atoms with Gasteiger partial charge in [0.05, 0.1) is 13.7 Å². The van der Waals surface area contributed by atoms with Crippen LogP contribution in [0.4, 0.5) is 0 Å². The Morgan fingerprint density at radius 3 is 2.83 bits per heavy atom. The minimum Gasteiger partial charge on any atom is -0.486 e. The van der Waals surface area contributed by atoms with Crippen molar-refractivity contribution in [2.24, 2.45) is 0 Å². The average molecular weight is 336 g/mol. The van der Waals surface area contributed by atoms with Gasteiger partial charge in [-0.25, -0.2) is 4.79 Å². The molecule has 0 fully saturated rings. The number of benzene rings is 1. The van der Waals surface area contributed by atoms with Gasteiger partial charge in [-0.2, -0.15) is 0 Å². The predicted octanol–water partition coefficient (Wildman–Crippen LogP) is 1.74. The van der Waals surface area contributed by atoms with Crippen molar-refractivity contribution >= 4 is 17.3 Å². The maximum Gasteiger partial charge on any atom is 0.347 e. The quantitative estimate of drug-likeness (QED) is 0.743. The predicted molar refractivity (Wildman–Crippen MR) is 81.5 cm³/mol. The van der Waals surface area contributed by atoms with Crippen LogP contribution in [0.2, 0.25) is 0 Å². The van der Waals surface area contributed by atoms with Crippen molar-refractivity contribution in [2.45, 2.75) is 25.7 Å². The van der Waals surface area contributed by atoms with Gasteiger partial charge in [0.2, 0.25) is 0 Å². The maximum absolute atomic E-state index is 11.5. The molecule has 0 aliphatic carbocycles. The highest BCUT2D eigenvalue weighted by Gasteiger charge is 2.30. The molecular weight excluding hydrogens is 320 g/mol. The number of rotatable bonds is 6. The van der Waals surface area contributed by atoms with E-state index in [1.807, 2.05) is 12.1 Å². The molecule has 8 heteroatoms. The molecule has 0 amide bonds. The van der Waals surface area contributed by atoms with Crippen molar-refractivity contribution in [1.82, 2.24) is 10.2 Å². The molecule has 3 rings (SSSR count). The molecule has 1 atom stereocenters. The number of fused-ring (bicyclic) bond motifs is 1. The average Bonchev–Trinajstić information content (AvgIpc) is 3.18. The lowest BCUT2D eigenvalue weighted by Crippen LogP contribution is -2.26. The molecule has 0 N–H and O–H groups in total. The Kier molecular flexibility index (Phi) is 4.73. The van der Waals surface area contributed by atoms with Gasteiger partial charge in [0.15, 0.2) is 11.1 Å². The van der Waals surface area contributed by atoms with Crippen LogP contribution < -0.4 is 9.47 Å². The van der Waals surface area contributed by atoms with Gasteiger partial charge in [-0.1, -0.05) is 17.4 Å². The number of methoxy groups -OCH3 is 2. The lowest BCUT2D eigenvalue weighted by Gasteiger charge is -2.08. The SMILES string of the molecule is COCc1nnc(COc2ccc3c(c2)OC(C(=O)OC)C3)s1. The highest BCUT2D eigenvalue weighted by Crippen LogP contribution is 2.33. The van der Waals surface area contributed by atoms with Crippen LogP contribution in [0, 0.1) is 0 Å². The van der Waals surface area contributed by atoms with E-state index in [-0.39, 0.29) is 5.97 Å². The van der Waals surface area contributed by atoms with Crippen LogP contribution in [-0.4, -0.2) is 36.5 Å². The largest absolute Gasteiger partial charge is 0.486 e. The number of carbonyl (C=O) groups excluding carboxylic acids is 1. The molecule has 1 aromatic heterocycles. The lowest BCUT2D eigenvalue weighted by atomic mass is 10.1. The Labute approximate surface area is 137 Å². The molecule has 1 aliphatic rings. The number of hydrogen-bond acceptors (Lipinski definition) is 8. The molecule has 0 bridgehead atoms. The van der Waals surface area contributed by atoms with E-state index in [0.717, 1.165) is 15.6 Å². The Hall–Kier alpha value is -2.19. The zero-order valence-electron chi connectivity index (χ0n) is 12.8. The van der Waals surface area contributed by atoms with Crippen molar-refractivity contribution in [2.75, 3.05) is 14.2 Å². The van der Waals surface area contributed by atoms with E-state index < -0.39 is 6.10 Å². The molecule has 0 radical (unpaired) electrons. The van der Waals surface area contributed by atoms with Crippen molar-refractivity contribution in [3.63, 3.8) is 0 Å².